The van der Waals surface area contributed by atoms with E-state index >= 15 is 0 Å². The fourth-order valence-corrected chi connectivity index (χ4v) is 8.01. The summed E-state index contributed by atoms with van der Waals surface area (Å²) >= 11 is 0. The lowest BCUT2D eigenvalue weighted by Gasteiger charge is -2.52. The first-order valence-corrected chi connectivity index (χ1v) is 13.5. The highest BCUT2D eigenvalue weighted by Gasteiger charge is 2.56. The van der Waals surface area contributed by atoms with E-state index in [-0.39, 0.29) is 22.9 Å². The Kier molecular flexibility index (Phi) is 6.49. The van der Waals surface area contributed by atoms with E-state index in [1.54, 1.807) is 5.57 Å². The molecule has 1 N–H and O–H groups in total. The van der Waals surface area contributed by atoms with Gasteiger partial charge >= 0.3 is 9.15 Å². The summed E-state index contributed by atoms with van der Waals surface area (Å²) < 4.78 is 31.0. The van der Waals surface area contributed by atoms with Crippen LogP contribution >= 0.6 is 10.8 Å². The molecule has 6 unspecified atom stereocenters. The molecule has 6 atom stereocenters. The van der Waals surface area contributed by atoms with Crippen molar-refractivity contribution in [2.75, 3.05) is 5.75 Å². The van der Waals surface area contributed by atoms with Crippen LogP contribution in [0, 0.1) is 35.0 Å². The van der Waals surface area contributed by atoms with Crippen LogP contribution in [0.1, 0.15) is 72.1 Å². The fourth-order valence-electron chi connectivity index (χ4n) is 6.75. The van der Waals surface area contributed by atoms with Crippen LogP contribution in [0.5, 0.6) is 0 Å². The highest BCUT2D eigenvalue weighted by Crippen LogP contribution is 2.63. The number of carbonyl (C=O) groups excluding carboxylic acids is 1. The van der Waals surface area contributed by atoms with Crippen LogP contribution in [0.15, 0.2) is 11.6 Å². The van der Waals surface area contributed by atoms with Crippen molar-refractivity contribution in [2.45, 2.75) is 72.1 Å². The number of hydrogen-bond acceptors (Lipinski definition) is 4. The SMILES string of the molecule is CCCC1C(CC)=CCC2C1CCC1(C)C(C(=O)CSS(=O)(=O)O)CCC21. The molecule has 2 fully saturated rings. The summed E-state index contributed by atoms with van der Waals surface area (Å²) in [4.78, 5) is 12.8. The third kappa shape index (κ3) is 4.18. The average molecular weight is 415 g/mol. The zero-order valence-electron chi connectivity index (χ0n) is 16.8. The van der Waals surface area contributed by atoms with Crippen LogP contribution in [0.2, 0.25) is 0 Å². The van der Waals surface area contributed by atoms with E-state index in [0.717, 1.165) is 38.0 Å². The summed E-state index contributed by atoms with van der Waals surface area (Å²) in [5, 5.41) is 0. The van der Waals surface area contributed by atoms with E-state index in [4.69, 9.17) is 4.55 Å². The molecule has 2 saturated carbocycles. The molecule has 0 spiro atoms. The molecular weight excluding hydrogens is 380 g/mol. The molecule has 27 heavy (non-hydrogen) atoms. The van der Waals surface area contributed by atoms with Crippen LogP contribution in [-0.4, -0.2) is 24.5 Å². The van der Waals surface area contributed by atoms with Gasteiger partial charge in [0.15, 0.2) is 0 Å². The van der Waals surface area contributed by atoms with Crippen molar-refractivity contribution < 1.29 is 17.8 Å². The number of rotatable bonds is 7. The summed E-state index contributed by atoms with van der Waals surface area (Å²) in [6, 6.07) is 0. The van der Waals surface area contributed by atoms with Gasteiger partial charge in [-0.1, -0.05) is 38.8 Å². The average Bonchev–Trinajstić information content (AvgIpc) is 2.97. The van der Waals surface area contributed by atoms with Crippen LogP contribution < -0.4 is 0 Å². The first kappa shape index (κ1) is 21.4. The van der Waals surface area contributed by atoms with Crippen molar-refractivity contribution in [3.05, 3.63) is 11.6 Å². The smallest absolute Gasteiger partial charge is 0.298 e. The summed E-state index contributed by atoms with van der Waals surface area (Å²) in [7, 11) is -3.78. The van der Waals surface area contributed by atoms with E-state index in [1.807, 2.05) is 0 Å². The molecule has 0 radical (unpaired) electrons. The molecule has 0 aromatic heterocycles. The van der Waals surface area contributed by atoms with Crippen LogP contribution in [0.3, 0.4) is 0 Å². The van der Waals surface area contributed by atoms with E-state index in [9.17, 15) is 13.2 Å². The minimum Gasteiger partial charge on any atom is -0.298 e. The molecule has 0 heterocycles. The third-order valence-corrected chi connectivity index (χ3v) is 9.83. The van der Waals surface area contributed by atoms with E-state index in [1.165, 1.54) is 19.3 Å². The van der Waals surface area contributed by atoms with Crippen molar-refractivity contribution in [1.82, 2.24) is 0 Å². The predicted molar refractivity (Wildman–Crippen MR) is 111 cm³/mol. The Bertz CT molecular complexity index is 699. The number of allylic oxidation sites excluding steroid dienone is 2. The largest absolute Gasteiger partial charge is 0.320 e. The molecule has 4 nitrogen and oxygen atoms in total. The van der Waals surface area contributed by atoms with Gasteiger partial charge in [0.05, 0.1) is 5.75 Å². The second-order valence-corrected chi connectivity index (χ2v) is 12.4. The van der Waals surface area contributed by atoms with Gasteiger partial charge in [-0.15, -0.1) is 0 Å². The Morgan fingerprint density at radius 2 is 2.00 bits per heavy atom. The normalized spacial score (nSPS) is 38.8. The molecule has 0 bridgehead atoms. The van der Waals surface area contributed by atoms with Gasteiger partial charge in [-0.25, -0.2) is 0 Å². The Labute approximate surface area is 168 Å². The quantitative estimate of drug-likeness (QED) is 0.347. The van der Waals surface area contributed by atoms with E-state index in [0.29, 0.717) is 28.5 Å². The molecule has 154 valence electrons. The van der Waals surface area contributed by atoms with Crippen molar-refractivity contribution in [3.8, 4) is 0 Å². The molecule has 3 aliphatic carbocycles. The van der Waals surface area contributed by atoms with Crippen LogP contribution in [0.4, 0.5) is 0 Å². The Morgan fingerprint density at radius 3 is 2.63 bits per heavy atom. The van der Waals surface area contributed by atoms with Crippen molar-refractivity contribution in [2.24, 2.45) is 35.0 Å². The zero-order valence-corrected chi connectivity index (χ0v) is 18.4. The summed E-state index contributed by atoms with van der Waals surface area (Å²) in [5.74, 6) is 2.53. The minimum atomic E-state index is -4.15. The lowest BCUT2D eigenvalue weighted by atomic mass is 9.52. The summed E-state index contributed by atoms with van der Waals surface area (Å²) in [6.07, 6.45) is 11.5. The number of fused-ring (bicyclic) bond motifs is 3. The first-order chi connectivity index (χ1) is 12.7. The molecule has 0 amide bonds. The van der Waals surface area contributed by atoms with Crippen molar-refractivity contribution in [1.29, 1.82) is 0 Å². The van der Waals surface area contributed by atoms with Gasteiger partial charge in [0.2, 0.25) is 0 Å². The summed E-state index contributed by atoms with van der Waals surface area (Å²) in [6.45, 7) is 6.83. The maximum absolute atomic E-state index is 12.8. The summed E-state index contributed by atoms with van der Waals surface area (Å²) in [5.41, 5.74) is 1.64. The molecule has 6 heteroatoms. The zero-order chi connectivity index (χ0) is 19.8. The minimum absolute atomic E-state index is 0.00628. The van der Waals surface area contributed by atoms with E-state index < -0.39 is 9.15 Å². The molecule has 0 aliphatic heterocycles. The van der Waals surface area contributed by atoms with Crippen LogP contribution in [0.25, 0.3) is 0 Å². The topological polar surface area (TPSA) is 71.4 Å². The molecular formula is C21H34O4S2. The highest BCUT2D eigenvalue weighted by molar-refractivity contribution is 8.70. The molecule has 0 saturated heterocycles. The first-order valence-electron chi connectivity index (χ1n) is 10.5. The number of carbonyl (C=O) groups is 1. The third-order valence-electron chi connectivity index (χ3n) is 7.88. The molecule has 3 aliphatic rings. The van der Waals surface area contributed by atoms with Gasteiger partial charge < -0.3 is 0 Å². The molecule has 0 aromatic carbocycles. The number of hydrogen-bond donors (Lipinski definition) is 1. The Balaban J connectivity index is 1.77. The number of Topliss-reactive ketones (excluding diaryl/α,β-unsaturated/α-hetero) is 1. The van der Waals surface area contributed by atoms with Gasteiger partial charge in [0, 0.05) is 16.7 Å². The van der Waals surface area contributed by atoms with Gasteiger partial charge in [-0.2, -0.15) is 8.42 Å². The second-order valence-electron chi connectivity index (χ2n) is 9.03. The van der Waals surface area contributed by atoms with Crippen LogP contribution in [-0.2, 0) is 13.9 Å². The maximum atomic E-state index is 12.8. The van der Waals surface area contributed by atoms with E-state index in [2.05, 4.69) is 26.8 Å². The monoisotopic (exact) mass is 414 g/mol. The lowest BCUT2D eigenvalue weighted by molar-refractivity contribution is -0.126. The van der Waals surface area contributed by atoms with Gasteiger partial charge in [-0.05, 0) is 74.0 Å². The standard InChI is InChI=1S/C21H34O4S2/c1-4-6-15-14(5-2)7-8-17-16(15)11-12-21(3)18(17)9-10-19(21)20(22)13-26-27(23,24)25/h7,15-19H,4-6,8-13H2,1-3H3,(H,23,24,25). The lowest BCUT2D eigenvalue weighted by Crippen LogP contribution is -2.46. The Morgan fingerprint density at radius 1 is 1.26 bits per heavy atom. The number of ketones is 1. The second kappa shape index (κ2) is 8.19. The van der Waals surface area contributed by atoms with Gasteiger partial charge in [-0.3, -0.25) is 9.35 Å². The molecule has 3 rings (SSSR count). The van der Waals surface area contributed by atoms with Crippen molar-refractivity contribution in [3.63, 3.8) is 0 Å². The van der Waals surface area contributed by atoms with Gasteiger partial charge in [0.1, 0.15) is 5.78 Å². The fraction of sp³-hybridized carbons (Fsp3) is 0.857. The highest BCUT2D eigenvalue weighted by atomic mass is 33.1. The van der Waals surface area contributed by atoms with Gasteiger partial charge in [0.25, 0.3) is 0 Å². The maximum Gasteiger partial charge on any atom is 0.320 e. The Hall–Kier alpha value is -0.330. The predicted octanol–water partition coefficient (Wildman–Crippen LogP) is 5.31. The molecule has 0 aromatic rings. The van der Waals surface area contributed by atoms with Crippen molar-refractivity contribution >= 4 is 25.7 Å².